The number of hydrogen-bond donors (Lipinski definition) is 0. The number of piperidine rings is 1. The van der Waals surface area contributed by atoms with E-state index in [0.29, 0.717) is 24.3 Å². The topological polar surface area (TPSA) is 44.1 Å². The van der Waals surface area contributed by atoms with Gasteiger partial charge in [-0.3, -0.25) is 4.79 Å². The first-order chi connectivity index (χ1) is 7.29. The predicted molar refractivity (Wildman–Crippen MR) is 57.6 cm³/mol. The van der Waals surface area contributed by atoms with Crippen molar-refractivity contribution in [1.82, 2.24) is 0 Å². The van der Waals surface area contributed by atoms with Gasteiger partial charge in [0.05, 0.1) is 18.2 Å². The molecule has 0 unspecified atom stereocenters. The van der Waals surface area contributed by atoms with Crippen molar-refractivity contribution in [2.75, 3.05) is 18.0 Å². The molecule has 0 saturated carbocycles. The van der Waals surface area contributed by atoms with E-state index in [2.05, 4.69) is 11.0 Å². The van der Waals surface area contributed by atoms with E-state index in [1.54, 1.807) is 12.1 Å². The second-order valence-electron chi connectivity index (χ2n) is 3.72. The van der Waals surface area contributed by atoms with Gasteiger partial charge in [-0.05, 0) is 30.7 Å². The van der Waals surface area contributed by atoms with Crippen LogP contribution in [0.3, 0.4) is 0 Å². The van der Waals surface area contributed by atoms with Crippen molar-refractivity contribution in [3.05, 3.63) is 29.8 Å². The molecule has 1 heterocycles. The fourth-order valence-electron chi connectivity index (χ4n) is 1.81. The quantitative estimate of drug-likeness (QED) is 0.693. The molecule has 1 fully saturated rings. The van der Waals surface area contributed by atoms with Crippen LogP contribution in [0.2, 0.25) is 0 Å². The summed E-state index contributed by atoms with van der Waals surface area (Å²) in [5.41, 5.74) is 1.68. The average Bonchev–Trinajstić information content (AvgIpc) is 2.29. The first-order valence-electron chi connectivity index (χ1n) is 5.06. The maximum Gasteiger partial charge on any atom is 0.152 e. The molecule has 0 radical (unpaired) electrons. The highest BCUT2D eigenvalue weighted by Crippen LogP contribution is 2.18. The molecular weight excluding hydrogens is 188 g/mol. The highest BCUT2D eigenvalue weighted by Gasteiger charge is 2.16. The fourth-order valence-corrected chi connectivity index (χ4v) is 1.81. The Balaban J connectivity index is 2.15. The number of rotatable bonds is 1. The Kier molecular flexibility index (Phi) is 2.68. The summed E-state index contributed by atoms with van der Waals surface area (Å²) >= 11 is 0. The molecule has 15 heavy (non-hydrogen) atoms. The van der Waals surface area contributed by atoms with Crippen LogP contribution in [0.4, 0.5) is 5.69 Å². The van der Waals surface area contributed by atoms with Crippen molar-refractivity contribution in [3.63, 3.8) is 0 Å². The van der Waals surface area contributed by atoms with Crippen molar-refractivity contribution < 1.29 is 4.79 Å². The van der Waals surface area contributed by atoms with Crippen LogP contribution in [0.1, 0.15) is 18.4 Å². The second-order valence-corrected chi connectivity index (χ2v) is 3.72. The van der Waals surface area contributed by atoms with Crippen LogP contribution < -0.4 is 4.90 Å². The minimum atomic E-state index is 0.297. The number of Topliss-reactive ketones (excluding diaryl/α,β-unsaturated/α-hetero) is 1. The van der Waals surface area contributed by atoms with E-state index < -0.39 is 0 Å². The van der Waals surface area contributed by atoms with Crippen molar-refractivity contribution in [2.24, 2.45) is 0 Å². The molecule has 76 valence electrons. The Morgan fingerprint density at radius 2 is 2.00 bits per heavy atom. The Hall–Kier alpha value is -1.82. The minimum absolute atomic E-state index is 0.297. The third kappa shape index (κ3) is 2.16. The number of ketones is 1. The molecule has 1 aromatic rings. The molecular formula is C12H12N2O. The van der Waals surface area contributed by atoms with Crippen LogP contribution in [0.25, 0.3) is 0 Å². The molecule has 3 nitrogen and oxygen atoms in total. The van der Waals surface area contributed by atoms with Crippen LogP contribution in [0.5, 0.6) is 0 Å². The van der Waals surface area contributed by atoms with Crippen LogP contribution in [0.15, 0.2) is 24.3 Å². The van der Waals surface area contributed by atoms with Gasteiger partial charge in [-0.1, -0.05) is 0 Å². The third-order valence-electron chi connectivity index (χ3n) is 2.61. The van der Waals surface area contributed by atoms with Crippen molar-refractivity contribution in [3.8, 4) is 6.07 Å². The zero-order valence-electron chi connectivity index (χ0n) is 8.44. The fraction of sp³-hybridized carbons (Fsp3) is 0.333. The Morgan fingerprint density at radius 1 is 1.27 bits per heavy atom. The van der Waals surface area contributed by atoms with Gasteiger partial charge in [0.15, 0.2) is 5.78 Å². The number of carbonyl (C=O) groups is 1. The third-order valence-corrected chi connectivity index (χ3v) is 2.61. The van der Waals surface area contributed by atoms with Crippen LogP contribution >= 0.6 is 0 Å². The molecule has 0 bridgehead atoms. The van der Waals surface area contributed by atoms with Crippen molar-refractivity contribution in [1.29, 1.82) is 5.26 Å². The largest absolute Gasteiger partial charge is 0.364 e. The molecule has 2 rings (SSSR count). The monoisotopic (exact) mass is 200 g/mol. The summed E-state index contributed by atoms with van der Waals surface area (Å²) in [6, 6.07) is 9.45. The van der Waals surface area contributed by atoms with E-state index in [1.165, 1.54) is 0 Å². The van der Waals surface area contributed by atoms with E-state index in [1.807, 2.05) is 12.1 Å². The van der Waals surface area contributed by atoms with E-state index in [0.717, 1.165) is 18.7 Å². The highest BCUT2D eigenvalue weighted by atomic mass is 16.1. The molecule has 0 atom stereocenters. The summed E-state index contributed by atoms with van der Waals surface area (Å²) in [7, 11) is 0. The number of benzene rings is 1. The minimum Gasteiger partial charge on any atom is -0.364 e. The molecule has 0 aromatic heterocycles. The van der Waals surface area contributed by atoms with Crippen LogP contribution in [0, 0.1) is 11.3 Å². The lowest BCUT2D eigenvalue weighted by Crippen LogP contribution is -2.35. The summed E-state index contributed by atoms with van der Waals surface area (Å²) in [5, 5.41) is 8.66. The standard InChI is InChI=1S/C12H12N2O/c13-8-10-3-5-11(6-4-10)14-7-1-2-12(15)9-14/h3-6H,1-2,7,9H2. The van der Waals surface area contributed by atoms with Gasteiger partial charge in [-0.2, -0.15) is 5.26 Å². The van der Waals surface area contributed by atoms with Crippen LogP contribution in [-0.2, 0) is 4.79 Å². The number of nitrogens with zero attached hydrogens (tertiary/aromatic N) is 2. The maximum atomic E-state index is 11.3. The molecule has 0 aliphatic carbocycles. The molecule has 1 saturated heterocycles. The number of anilines is 1. The molecule has 1 aliphatic heterocycles. The molecule has 0 spiro atoms. The second kappa shape index (κ2) is 4.14. The molecule has 0 amide bonds. The van der Waals surface area contributed by atoms with Gasteiger partial charge in [0.2, 0.25) is 0 Å². The zero-order valence-corrected chi connectivity index (χ0v) is 8.44. The Labute approximate surface area is 88.9 Å². The molecule has 3 heteroatoms. The summed E-state index contributed by atoms with van der Waals surface area (Å²) in [6.07, 6.45) is 1.63. The van der Waals surface area contributed by atoms with E-state index in [9.17, 15) is 4.79 Å². The van der Waals surface area contributed by atoms with Gasteiger partial charge in [0, 0.05) is 18.7 Å². The van der Waals surface area contributed by atoms with Gasteiger partial charge in [0.25, 0.3) is 0 Å². The summed E-state index contributed by atoms with van der Waals surface area (Å²) < 4.78 is 0. The van der Waals surface area contributed by atoms with Crippen molar-refractivity contribution >= 4 is 11.5 Å². The van der Waals surface area contributed by atoms with Gasteiger partial charge in [-0.25, -0.2) is 0 Å². The lowest BCUT2D eigenvalue weighted by Gasteiger charge is -2.27. The average molecular weight is 200 g/mol. The van der Waals surface area contributed by atoms with Gasteiger partial charge in [0.1, 0.15) is 0 Å². The molecule has 0 N–H and O–H groups in total. The summed E-state index contributed by atoms with van der Waals surface area (Å²) in [5.74, 6) is 0.297. The smallest absolute Gasteiger partial charge is 0.152 e. The highest BCUT2D eigenvalue weighted by molar-refractivity contribution is 5.84. The maximum absolute atomic E-state index is 11.3. The summed E-state index contributed by atoms with van der Waals surface area (Å²) in [6.45, 7) is 1.43. The van der Waals surface area contributed by atoms with Gasteiger partial charge in [-0.15, -0.1) is 0 Å². The zero-order chi connectivity index (χ0) is 10.7. The number of nitriles is 1. The first kappa shape index (κ1) is 9.72. The lowest BCUT2D eigenvalue weighted by atomic mass is 10.1. The Morgan fingerprint density at radius 3 is 2.60 bits per heavy atom. The van der Waals surface area contributed by atoms with E-state index >= 15 is 0 Å². The first-order valence-corrected chi connectivity index (χ1v) is 5.06. The van der Waals surface area contributed by atoms with Gasteiger partial charge < -0.3 is 4.90 Å². The molecule has 1 aromatic carbocycles. The molecule has 1 aliphatic rings. The predicted octanol–water partition coefficient (Wildman–Crippen LogP) is 1.73. The SMILES string of the molecule is N#Cc1ccc(N2CCCC(=O)C2)cc1. The van der Waals surface area contributed by atoms with Crippen LogP contribution in [-0.4, -0.2) is 18.9 Å². The van der Waals surface area contributed by atoms with Crippen molar-refractivity contribution in [2.45, 2.75) is 12.8 Å². The summed E-state index contributed by atoms with van der Waals surface area (Å²) in [4.78, 5) is 13.3. The van der Waals surface area contributed by atoms with E-state index in [-0.39, 0.29) is 0 Å². The normalized spacial score (nSPS) is 16.2. The Bertz CT molecular complexity index is 403. The number of carbonyl (C=O) groups excluding carboxylic acids is 1. The van der Waals surface area contributed by atoms with Gasteiger partial charge >= 0.3 is 0 Å². The lowest BCUT2D eigenvalue weighted by molar-refractivity contribution is -0.118. The van der Waals surface area contributed by atoms with E-state index in [4.69, 9.17) is 5.26 Å². The number of hydrogen-bond acceptors (Lipinski definition) is 3.